The fourth-order valence-electron chi connectivity index (χ4n) is 2.93. The zero-order valence-electron chi connectivity index (χ0n) is 11.4. The van der Waals surface area contributed by atoms with Gasteiger partial charge in [0.05, 0.1) is 0 Å². The second-order valence-corrected chi connectivity index (χ2v) is 5.59. The maximum Gasteiger partial charge on any atom is 0.228 e. The molecule has 108 valence electrons. The summed E-state index contributed by atoms with van der Waals surface area (Å²) in [5.41, 5.74) is 3.13. The second kappa shape index (κ2) is 5.74. The number of fused-ring (bicyclic) bond motifs is 1. The van der Waals surface area contributed by atoms with E-state index in [4.69, 9.17) is 11.6 Å². The van der Waals surface area contributed by atoms with Crippen LogP contribution in [0.5, 0.6) is 0 Å². The standard InChI is InChI=1S/C16H15ClN2O2/c17-13-7-6-12-8-9-18(14-4-2-1-3-5-14)16(11-19(20)21)15(12)10-13/h1-7,10,16H,8-9,11H2. The van der Waals surface area contributed by atoms with E-state index < -0.39 is 0 Å². The van der Waals surface area contributed by atoms with Crippen molar-refractivity contribution in [3.05, 3.63) is 74.8 Å². The molecular formula is C16H15ClN2O2. The number of hydrogen-bond donors (Lipinski definition) is 0. The molecule has 0 bridgehead atoms. The van der Waals surface area contributed by atoms with Gasteiger partial charge in [-0.3, -0.25) is 10.1 Å². The molecule has 0 aromatic heterocycles. The third kappa shape index (κ3) is 2.85. The highest BCUT2D eigenvalue weighted by atomic mass is 35.5. The van der Waals surface area contributed by atoms with Crippen LogP contribution in [0.1, 0.15) is 17.2 Å². The van der Waals surface area contributed by atoms with Crippen molar-refractivity contribution in [2.24, 2.45) is 0 Å². The lowest BCUT2D eigenvalue weighted by Crippen LogP contribution is -2.39. The Balaban J connectivity index is 2.04. The molecule has 0 saturated heterocycles. The smallest absolute Gasteiger partial charge is 0.228 e. The maximum absolute atomic E-state index is 11.1. The van der Waals surface area contributed by atoms with Crippen molar-refractivity contribution in [2.75, 3.05) is 18.0 Å². The third-order valence-corrected chi connectivity index (χ3v) is 4.11. The molecule has 1 aliphatic rings. The molecule has 0 amide bonds. The largest absolute Gasteiger partial charge is 0.358 e. The molecular weight excluding hydrogens is 288 g/mol. The van der Waals surface area contributed by atoms with E-state index in [9.17, 15) is 10.1 Å². The Bertz CT molecular complexity index is 661. The van der Waals surface area contributed by atoms with Crippen LogP contribution >= 0.6 is 11.6 Å². The zero-order valence-corrected chi connectivity index (χ0v) is 12.2. The number of anilines is 1. The minimum Gasteiger partial charge on any atom is -0.358 e. The number of nitro groups is 1. The van der Waals surface area contributed by atoms with E-state index in [1.165, 1.54) is 0 Å². The SMILES string of the molecule is O=[N+]([O-])CC1c2cc(Cl)ccc2CCN1c1ccccc1. The normalized spacial score (nSPS) is 17.4. The number of halogens is 1. The molecule has 4 nitrogen and oxygen atoms in total. The van der Waals surface area contributed by atoms with E-state index in [-0.39, 0.29) is 17.5 Å². The van der Waals surface area contributed by atoms with Crippen molar-refractivity contribution in [1.82, 2.24) is 0 Å². The fraction of sp³-hybridized carbons (Fsp3) is 0.250. The van der Waals surface area contributed by atoms with E-state index in [0.29, 0.717) is 5.02 Å². The van der Waals surface area contributed by atoms with Gasteiger partial charge in [-0.1, -0.05) is 35.9 Å². The summed E-state index contributed by atoms with van der Waals surface area (Å²) in [4.78, 5) is 12.9. The Morgan fingerprint density at radius 2 is 2.00 bits per heavy atom. The summed E-state index contributed by atoms with van der Waals surface area (Å²) in [7, 11) is 0. The molecule has 1 atom stereocenters. The van der Waals surface area contributed by atoms with E-state index in [1.807, 2.05) is 48.5 Å². The summed E-state index contributed by atoms with van der Waals surface area (Å²) in [5, 5.41) is 11.7. The Morgan fingerprint density at radius 1 is 1.24 bits per heavy atom. The Kier molecular flexibility index (Phi) is 3.80. The second-order valence-electron chi connectivity index (χ2n) is 5.15. The summed E-state index contributed by atoms with van der Waals surface area (Å²) in [5.74, 6) is 0. The van der Waals surface area contributed by atoms with Crippen LogP contribution in [0.25, 0.3) is 0 Å². The quantitative estimate of drug-likeness (QED) is 0.641. The third-order valence-electron chi connectivity index (χ3n) is 3.88. The number of hydrogen-bond acceptors (Lipinski definition) is 3. The van der Waals surface area contributed by atoms with Crippen LogP contribution in [0, 0.1) is 10.1 Å². The van der Waals surface area contributed by atoms with Gasteiger partial charge in [-0.25, -0.2) is 0 Å². The number of rotatable bonds is 3. The number of para-hydroxylation sites is 1. The summed E-state index contributed by atoms with van der Waals surface area (Å²) >= 11 is 6.08. The van der Waals surface area contributed by atoms with E-state index in [1.54, 1.807) is 0 Å². The Hall–Kier alpha value is -2.07. The summed E-state index contributed by atoms with van der Waals surface area (Å²) in [6.45, 7) is 0.652. The first-order valence-electron chi connectivity index (χ1n) is 6.87. The van der Waals surface area contributed by atoms with Crippen LogP contribution < -0.4 is 4.90 Å². The summed E-state index contributed by atoms with van der Waals surface area (Å²) in [6, 6.07) is 15.2. The van der Waals surface area contributed by atoms with Crippen LogP contribution in [0.4, 0.5) is 5.69 Å². The van der Waals surface area contributed by atoms with Crippen molar-refractivity contribution >= 4 is 17.3 Å². The molecule has 0 fully saturated rings. The molecule has 2 aromatic rings. The highest BCUT2D eigenvalue weighted by Crippen LogP contribution is 2.35. The van der Waals surface area contributed by atoms with E-state index in [0.717, 1.165) is 29.8 Å². The van der Waals surface area contributed by atoms with E-state index in [2.05, 4.69) is 4.90 Å². The number of benzene rings is 2. The van der Waals surface area contributed by atoms with Gasteiger partial charge in [0, 0.05) is 22.2 Å². The van der Waals surface area contributed by atoms with Crippen LogP contribution in [0.15, 0.2) is 48.5 Å². The zero-order chi connectivity index (χ0) is 14.8. The number of nitrogens with zero attached hydrogens (tertiary/aromatic N) is 2. The molecule has 0 N–H and O–H groups in total. The van der Waals surface area contributed by atoms with Crippen LogP contribution in [0.2, 0.25) is 5.02 Å². The highest BCUT2D eigenvalue weighted by Gasteiger charge is 2.31. The molecule has 3 rings (SSSR count). The van der Waals surface area contributed by atoms with Gasteiger partial charge in [0.25, 0.3) is 0 Å². The molecule has 21 heavy (non-hydrogen) atoms. The highest BCUT2D eigenvalue weighted by molar-refractivity contribution is 6.30. The Morgan fingerprint density at radius 3 is 2.71 bits per heavy atom. The van der Waals surface area contributed by atoms with Gasteiger partial charge < -0.3 is 4.90 Å². The molecule has 0 radical (unpaired) electrons. The first kappa shape index (κ1) is 13.9. The van der Waals surface area contributed by atoms with Gasteiger partial charge in [-0.05, 0) is 41.8 Å². The van der Waals surface area contributed by atoms with Crippen molar-refractivity contribution < 1.29 is 4.92 Å². The molecule has 1 heterocycles. The molecule has 0 saturated carbocycles. The van der Waals surface area contributed by atoms with Crippen LogP contribution in [-0.2, 0) is 6.42 Å². The maximum atomic E-state index is 11.1. The average Bonchev–Trinajstić information content (AvgIpc) is 2.48. The fourth-order valence-corrected chi connectivity index (χ4v) is 3.12. The van der Waals surface area contributed by atoms with Gasteiger partial charge >= 0.3 is 0 Å². The van der Waals surface area contributed by atoms with Gasteiger partial charge in [0.1, 0.15) is 6.04 Å². The van der Waals surface area contributed by atoms with E-state index >= 15 is 0 Å². The Labute approximate surface area is 128 Å². The molecule has 1 aliphatic heterocycles. The average molecular weight is 303 g/mol. The minimum absolute atomic E-state index is 0.123. The summed E-state index contributed by atoms with van der Waals surface area (Å²) in [6.07, 6.45) is 0.871. The molecule has 2 aromatic carbocycles. The lowest BCUT2D eigenvalue weighted by atomic mass is 9.92. The van der Waals surface area contributed by atoms with Crippen LogP contribution in [-0.4, -0.2) is 18.0 Å². The monoisotopic (exact) mass is 302 g/mol. The predicted octanol–water partition coefficient (Wildman–Crippen LogP) is 3.72. The lowest BCUT2D eigenvalue weighted by molar-refractivity contribution is -0.483. The topological polar surface area (TPSA) is 46.4 Å². The van der Waals surface area contributed by atoms with Gasteiger partial charge in [-0.2, -0.15) is 0 Å². The molecule has 0 spiro atoms. The molecule has 5 heteroatoms. The predicted molar refractivity (Wildman–Crippen MR) is 83.5 cm³/mol. The van der Waals surface area contributed by atoms with Crippen molar-refractivity contribution in [2.45, 2.75) is 12.5 Å². The summed E-state index contributed by atoms with van der Waals surface area (Å²) < 4.78 is 0. The van der Waals surface area contributed by atoms with Crippen molar-refractivity contribution in [3.63, 3.8) is 0 Å². The van der Waals surface area contributed by atoms with Crippen molar-refractivity contribution in [1.29, 1.82) is 0 Å². The van der Waals surface area contributed by atoms with Gasteiger partial charge in [0.2, 0.25) is 6.54 Å². The minimum atomic E-state index is -0.273. The van der Waals surface area contributed by atoms with Gasteiger partial charge in [-0.15, -0.1) is 0 Å². The molecule has 1 unspecified atom stereocenters. The first-order valence-corrected chi connectivity index (χ1v) is 7.25. The van der Waals surface area contributed by atoms with Crippen molar-refractivity contribution in [3.8, 4) is 0 Å². The molecule has 0 aliphatic carbocycles. The lowest BCUT2D eigenvalue weighted by Gasteiger charge is -2.37. The van der Waals surface area contributed by atoms with Crippen LogP contribution in [0.3, 0.4) is 0 Å². The first-order chi connectivity index (χ1) is 10.1. The van der Waals surface area contributed by atoms with Gasteiger partial charge in [0.15, 0.2) is 0 Å².